The lowest BCUT2D eigenvalue weighted by molar-refractivity contribution is -0.176. The fourth-order valence-electron chi connectivity index (χ4n) is 5.66. The highest BCUT2D eigenvalue weighted by molar-refractivity contribution is 5.72. The number of benzene rings is 1. The maximum absolute atomic E-state index is 13.6. The zero-order valence-corrected chi connectivity index (χ0v) is 23.9. The Bertz CT molecular complexity index is 1530. The van der Waals surface area contributed by atoms with Crippen LogP contribution in [0.1, 0.15) is 59.7 Å². The number of hydrogen-bond donors (Lipinski definition) is 0. The Labute approximate surface area is 250 Å². The van der Waals surface area contributed by atoms with Gasteiger partial charge in [-0.3, -0.25) is 4.90 Å². The van der Waals surface area contributed by atoms with Crippen LogP contribution in [0, 0.1) is 19.8 Å². The Morgan fingerprint density at radius 3 is 2.18 bits per heavy atom. The summed E-state index contributed by atoms with van der Waals surface area (Å²) in [6.07, 6.45) is -15.9. The molecular weight excluding hydrogens is 625 g/mol. The zero-order chi connectivity index (χ0) is 33.1. The smallest absolute Gasteiger partial charge is 0.416 e. The number of piperidine rings is 1. The third kappa shape index (κ3) is 6.52. The number of ether oxygens (including phenoxy) is 1. The Hall–Kier alpha value is -4.05. The van der Waals surface area contributed by atoms with Gasteiger partial charge in [0.05, 0.1) is 52.8 Å². The highest BCUT2D eigenvalue weighted by Gasteiger charge is 2.45. The first-order valence-corrected chi connectivity index (χ1v) is 13.7. The average molecular weight is 652 g/mol. The number of anilines is 1. The maximum Gasteiger partial charge on any atom is 0.416 e. The van der Waals surface area contributed by atoms with E-state index < -0.39 is 72.5 Å². The summed E-state index contributed by atoms with van der Waals surface area (Å²) >= 11 is 0. The van der Waals surface area contributed by atoms with Crippen molar-refractivity contribution in [2.45, 2.75) is 70.8 Å². The van der Waals surface area contributed by atoms with Gasteiger partial charge in [-0.2, -0.15) is 39.5 Å². The van der Waals surface area contributed by atoms with Crippen LogP contribution in [-0.2, 0) is 23.6 Å². The summed E-state index contributed by atoms with van der Waals surface area (Å²) in [4.78, 5) is 24.5. The standard InChI is InChI=1S/C28H26F9N5O3/c1-13-22(15(3)45-40-13)20-10-38-24(41-6-4-5-17(11-41)26(29,30)31)21(39-20)12-42-14(2)23(44-25(42)43)16-7-18(27(32,33)34)9-19(8-16)28(35,36)37/h7-10,14,17,23H,4-6,11-12H2,1-3H3/t14-,17?,23?/m0/s1. The molecule has 0 aliphatic carbocycles. The predicted octanol–water partition coefficient (Wildman–Crippen LogP) is 7.65. The zero-order valence-electron chi connectivity index (χ0n) is 23.9. The third-order valence-corrected chi connectivity index (χ3v) is 7.95. The highest BCUT2D eigenvalue weighted by Crippen LogP contribution is 2.42. The van der Waals surface area contributed by atoms with Crippen LogP contribution in [0.2, 0.25) is 0 Å². The second kappa shape index (κ2) is 11.4. The lowest BCUT2D eigenvalue weighted by atomic mass is 9.97. The van der Waals surface area contributed by atoms with E-state index in [1.165, 1.54) is 18.0 Å². The van der Waals surface area contributed by atoms with Crippen molar-refractivity contribution in [1.29, 1.82) is 0 Å². The monoisotopic (exact) mass is 651 g/mol. The van der Waals surface area contributed by atoms with Gasteiger partial charge in [-0.15, -0.1) is 0 Å². The third-order valence-electron chi connectivity index (χ3n) is 7.95. The van der Waals surface area contributed by atoms with Crippen LogP contribution in [0.3, 0.4) is 0 Å². The molecule has 2 unspecified atom stereocenters. The molecule has 1 aromatic carbocycles. The summed E-state index contributed by atoms with van der Waals surface area (Å²) in [7, 11) is 0. The molecular formula is C28H26F9N5O3. The van der Waals surface area contributed by atoms with Crippen molar-refractivity contribution in [2.75, 3.05) is 18.0 Å². The summed E-state index contributed by atoms with van der Waals surface area (Å²) in [5.41, 5.74) is -2.49. The Morgan fingerprint density at radius 2 is 1.62 bits per heavy atom. The number of carbonyl (C=O) groups is 1. The summed E-state index contributed by atoms with van der Waals surface area (Å²) in [5.74, 6) is -1.23. The van der Waals surface area contributed by atoms with E-state index in [0.717, 1.165) is 4.90 Å². The average Bonchev–Trinajstić information content (AvgIpc) is 3.43. The van der Waals surface area contributed by atoms with Crippen LogP contribution < -0.4 is 4.90 Å². The van der Waals surface area contributed by atoms with E-state index in [1.807, 2.05) is 0 Å². The van der Waals surface area contributed by atoms with Gasteiger partial charge in [-0.05, 0) is 57.4 Å². The molecule has 2 fully saturated rings. The Kier molecular flexibility index (Phi) is 8.19. The first kappa shape index (κ1) is 32.3. The fraction of sp³-hybridized carbons (Fsp3) is 0.500. The van der Waals surface area contributed by atoms with E-state index in [1.54, 1.807) is 13.8 Å². The maximum atomic E-state index is 13.6. The molecule has 45 heavy (non-hydrogen) atoms. The van der Waals surface area contributed by atoms with Crippen molar-refractivity contribution >= 4 is 11.9 Å². The van der Waals surface area contributed by atoms with Gasteiger partial charge in [0.15, 0.2) is 5.82 Å². The summed E-state index contributed by atoms with van der Waals surface area (Å²) < 4.78 is 132. The van der Waals surface area contributed by atoms with Crippen molar-refractivity contribution in [1.82, 2.24) is 20.0 Å². The van der Waals surface area contributed by atoms with Crippen molar-refractivity contribution in [2.24, 2.45) is 5.92 Å². The first-order chi connectivity index (χ1) is 20.8. The molecule has 2 aromatic heterocycles. The van der Waals surface area contributed by atoms with Gasteiger partial charge in [-0.1, -0.05) is 5.16 Å². The van der Waals surface area contributed by atoms with Gasteiger partial charge < -0.3 is 14.2 Å². The second-order valence-electron chi connectivity index (χ2n) is 11.1. The van der Waals surface area contributed by atoms with Crippen LogP contribution in [-0.4, -0.2) is 51.4 Å². The second-order valence-corrected chi connectivity index (χ2v) is 11.1. The number of cyclic esters (lactones) is 1. The van der Waals surface area contributed by atoms with Crippen LogP contribution in [0.4, 0.5) is 50.1 Å². The topological polar surface area (TPSA) is 84.6 Å². The number of hydrogen-bond acceptors (Lipinski definition) is 7. The molecule has 2 aliphatic heterocycles. The quantitative estimate of drug-likeness (QED) is 0.262. The minimum atomic E-state index is -5.12. The lowest BCUT2D eigenvalue weighted by Crippen LogP contribution is -2.43. The molecule has 0 radical (unpaired) electrons. The lowest BCUT2D eigenvalue weighted by Gasteiger charge is -2.35. The van der Waals surface area contributed by atoms with Gasteiger partial charge in [0, 0.05) is 13.1 Å². The number of alkyl halides is 9. The van der Waals surface area contributed by atoms with Gasteiger partial charge in [0.1, 0.15) is 17.6 Å². The molecule has 17 heteroatoms. The van der Waals surface area contributed by atoms with E-state index in [9.17, 15) is 44.3 Å². The highest BCUT2D eigenvalue weighted by atomic mass is 19.4. The van der Waals surface area contributed by atoms with Gasteiger partial charge >= 0.3 is 24.6 Å². The van der Waals surface area contributed by atoms with E-state index in [0.29, 0.717) is 29.2 Å². The number of nitrogens with zero attached hydrogens (tertiary/aromatic N) is 5. The van der Waals surface area contributed by atoms with Crippen molar-refractivity contribution < 1.29 is 53.6 Å². The van der Waals surface area contributed by atoms with E-state index in [4.69, 9.17) is 9.26 Å². The molecule has 8 nitrogen and oxygen atoms in total. The summed E-state index contributed by atoms with van der Waals surface area (Å²) in [6.45, 7) is 3.96. The van der Waals surface area contributed by atoms with Crippen molar-refractivity contribution in [3.8, 4) is 11.3 Å². The minimum Gasteiger partial charge on any atom is -0.439 e. The Balaban J connectivity index is 1.53. The molecule has 0 saturated carbocycles. The number of aryl methyl sites for hydroxylation is 2. The molecule has 4 heterocycles. The number of amides is 1. The number of aromatic nitrogens is 3. The molecule has 2 saturated heterocycles. The number of halogens is 9. The molecule has 0 N–H and O–H groups in total. The fourth-order valence-corrected chi connectivity index (χ4v) is 5.66. The van der Waals surface area contributed by atoms with Crippen molar-refractivity contribution in [3.63, 3.8) is 0 Å². The number of rotatable bonds is 5. The van der Waals surface area contributed by atoms with Gasteiger partial charge in [-0.25, -0.2) is 14.8 Å². The van der Waals surface area contributed by atoms with Crippen molar-refractivity contribution in [3.05, 3.63) is 58.2 Å². The molecule has 3 atom stereocenters. The van der Waals surface area contributed by atoms with Crippen LogP contribution in [0.15, 0.2) is 28.9 Å². The number of carbonyl (C=O) groups excluding carboxylic acids is 1. The normalized spacial score (nSPS) is 21.4. The molecule has 0 bridgehead atoms. The van der Waals surface area contributed by atoms with Crippen LogP contribution >= 0.6 is 0 Å². The molecule has 244 valence electrons. The first-order valence-electron chi connectivity index (χ1n) is 13.7. The molecule has 3 aromatic rings. The molecule has 0 spiro atoms. The van der Waals surface area contributed by atoms with Crippen LogP contribution in [0.25, 0.3) is 11.3 Å². The summed E-state index contributed by atoms with van der Waals surface area (Å²) in [5, 5.41) is 3.87. The molecule has 5 rings (SSSR count). The predicted molar refractivity (Wildman–Crippen MR) is 139 cm³/mol. The largest absolute Gasteiger partial charge is 0.439 e. The van der Waals surface area contributed by atoms with Crippen LogP contribution in [0.5, 0.6) is 0 Å². The van der Waals surface area contributed by atoms with Gasteiger partial charge in [0.25, 0.3) is 0 Å². The molecule has 2 aliphatic rings. The summed E-state index contributed by atoms with van der Waals surface area (Å²) in [6, 6.07) is -0.163. The Morgan fingerprint density at radius 1 is 0.978 bits per heavy atom. The SMILES string of the molecule is Cc1noc(C)c1-c1cnc(N2CCCC(C(F)(F)F)C2)c(CN2C(=O)OC(c3cc(C(F)(F)F)cc(C(F)(F)F)c3)[C@@H]2C)n1. The van der Waals surface area contributed by atoms with E-state index >= 15 is 0 Å². The van der Waals surface area contributed by atoms with Gasteiger partial charge in [0.2, 0.25) is 0 Å². The van der Waals surface area contributed by atoms with E-state index in [2.05, 4.69) is 15.1 Å². The minimum absolute atomic E-state index is 0.0302. The molecule has 1 amide bonds. The van der Waals surface area contributed by atoms with E-state index in [-0.39, 0.29) is 42.7 Å².